The number of carbonyl (C=O) groups excluding carboxylic acids is 2. The molecule has 1 aromatic heterocycles. The molecule has 3 aromatic rings. The van der Waals surface area contributed by atoms with Crippen LogP contribution in [-0.2, 0) is 16.0 Å². The molecule has 172 valence electrons. The summed E-state index contributed by atoms with van der Waals surface area (Å²) in [4.78, 5) is 37.7. The van der Waals surface area contributed by atoms with Gasteiger partial charge in [-0.2, -0.15) is 5.10 Å². The number of nitrogens with zero attached hydrogens (tertiary/aromatic N) is 1. The van der Waals surface area contributed by atoms with Gasteiger partial charge in [-0.05, 0) is 45.4 Å². The topological polar surface area (TPSA) is 110 Å². The predicted octanol–water partition coefficient (Wildman–Crippen LogP) is 3.69. The highest BCUT2D eigenvalue weighted by Crippen LogP contribution is 2.13. The number of hydrazone groups is 1. The maximum atomic E-state index is 12.8. The minimum Gasteiger partial charge on any atom is -0.463 e. The van der Waals surface area contributed by atoms with E-state index in [-0.39, 0.29) is 17.4 Å². The molecular formula is C25H27N3O5. The largest absolute Gasteiger partial charge is 0.463 e. The molecule has 0 bridgehead atoms. The van der Waals surface area contributed by atoms with Crippen molar-refractivity contribution in [2.45, 2.75) is 45.8 Å². The third-order valence-electron chi connectivity index (χ3n) is 4.62. The summed E-state index contributed by atoms with van der Waals surface area (Å²) in [5, 5.41) is 6.91. The standard InChI is InChI=1S/C25H27N3O5/c1-16-10-11-21-19(12-16)22(29)18(15-32-21)14-26-28-23(30)20(13-17-8-6-5-7-9-17)27-24(31)33-25(2,3)4/h5-12,14-15,20H,13H2,1-4H3,(H,27,31)(H,28,30)/b26-14-/t20-/m0/s1. The van der Waals surface area contributed by atoms with Gasteiger partial charge < -0.3 is 14.5 Å². The summed E-state index contributed by atoms with van der Waals surface area (Å²) in [5.41, 5.74) is 3.85. The van der Waals surface area contributed by atoms with Gasteiger partial charge in [0, 0.05) is 6.42 Å². The molecule has 1 atom stereocenters. The number of rotatable bonds is 6. The van der Waals surface area contributed by atoms with Gasteiger partial charge in [0.15, 0.2) is 0 Å². The number of fused-ring (bicyclic) bond motifs is 1. The van der Waals surface area contributed by atoms with Crippen LogP contribution in [0.25, 0.3) is 11.0 Å². The van der Waals surface area contributed by atoms with Gasteiger partial charge >= 0.3 is 6.09 Å². The first-order valence-electron chi connectivity index (χ1n) is 10.5. The SMILES string of the molecule is Cc1ccc2occ(/C=N\NC(=O)[C@H](Cc3ccccc3)NC(=O)OC(C)(C)C)c(=O)c2c1. The second-order valence-corrected chi connectivity index (χ2v) is 8.64. The Bertz CT molecular complexity index is 1230. The van der Waals surface area contributed by atoms with Crippen LogP contribution in [0, 0.1) is 6.92 Å². The molecule has 3 rings (SSSR count). The van der Waals surface area contributed by atoms with Crippen LogP contribution >= 0.6 is 0 Å². The second kappa shape index (κ2) is 10.1. The highest BCUT2D eigenvalue weighted by molar-refractivity contribution is 5.89. The zero-order valence-corrected chi connectivity index (χ0v) is 19.0. The smallest absolute Gasteiger partial charge is 0.408 e. The number of alkyl carbamates (subject to hydrolysis) is 1. The van der Waals surface area contributed by atoms with E-state index < -0.39 is 23.6 Å². The van der Waals surface area contributed by atoms with Gasteiger partial charge in [0.05, 0.1) is 17.2 Å². The molecule has 0 saturated heterocycles. The summed E-state index contributed by atoms with van der Waals surface area (Å²) in [7, 11) is 0. The van der Waals surface area contributed by atoms with Crippen molar-refractivity contribution in [1.82, 2.24) is 10.7 Å². The van der Waals surface area contributed by atoms with E-state index in [1.165, 1.54) is 12.5 Å². The lowest BCUT2D eigenvalue weighted by Crippen LogP contribution is -2.48. The van der Waals surface area contributed by atoms with Crippen LogP contribution in [0.15, 0.2) is 69.1 Å². The van der Waals surface area contributed by atoms with E-state index in [9.17, 15) is 14.4 Å². The maximum absolute atomic E-state index is 12.8. The van der Waals surface area contributed by atoms with Gasteiger partial charge in [-0.1, -0.05) is 42.0 Å². The Morgan fingerprint density at radius 3 is 2.58 bits per heavy atom. The number of nitrogens with one attached hydrogen (secondary N) is 2. The lowest BCUT2D eigenvalue weighted by Gasteiger charge is -2.23. The van der Waals surface area contributed by atoms with Crippen molar-refractivity contribution in [2.75, 3.05) is 0 Å². The molecule has 1 heterocycles. The average molecular weight is 450 g/mol. The van der Waals surface area contributed by atoms with E-state index in [0.717, 1.165) is 11.1 Å². The van der Waals surface area contributed by atoms with Gasteiger partial charge in [0.1, 0.15) is 23.5 Å². The van der Waals surface area contributed by atoms with E-state index in [4.69, 9.17) is 9.15 Å². The number of aryl methyl sites for hydroxylation is 1. The van der Waals surface area contributed by atoms with Crippen LogP contribution in [-0.4, -0.2) is 29.9 Å². The van der Waals surface area contributed by atoms with E-state index in [1.54, 1.807) is 32.9 Å². The number of hydrogen-bond acceptors (Lipinski definition) is 6. The molecule has 0 aliphatic heterocycles. The third-order valence-corrected chi connectivity index (χ3v) is 4.62. The lowest BCUT2D eigenvalue weighted by atomic mass is 10.1. The Kier molecular flexibility index (Phi) is 7.27. The zero-order chi connectivity index (χ0) is 24.0. The van der Waals surface area contributed by atoms with Crippen molar-refractivity contribution < 1.29 is 18.7 Å². The molecular weight excluding hydrogens is 422 g/mol. The van der Waals surface area contributed by atoms with Gasteiger partial charge in [-0.25, -0.2) is 10.2 Å². The molecule has 2 aromatic carbocycles. The summed E-state index contributed by atoms with van der Waals surface area (Å²) in [6.07, 6.45) is 2.03. The molecule has 0 unspecified atom stereocenters. The van der Waals surface area contributed by atoms with E-state index in [0.29, 0.717) is 11.0 Å². The summed E-state index contributed by atoms with van der Waals surface area (Å²) in [5.74, 6) is -0.554. The Balaban J connectivity index is 1.75. The first-order chi connectivity index (χ1) is 15.6. The highest BCUT2D eigenvalue weighted by Gasteiger charge is 2.24. The van der Waals surface area contributed by atoms with Crippen LogP contribution < -0.4 is 16.2 Å². The lowest BCUT2D eigenvalue weighted by molar-refractivity contribution is -0.123. The summed E-state index contributed by atoms with van der Waals surface area (Å²) in [6.45, 7) is 7.09. The fourth-order valence-electron chi connectivity index (χ4n) is 3.10. The molecule has 8 nitrogen and oxygen atoms in total. The van der Waals surface area contributed by atoms with Gasteiger partial charge in [-0.3, -0.25) is 9.59 Å². The van der Waals surface area contributed by atoms with E-state index in [2.05, 4.69) is 15.8 Å². The van der Waals surface area contributed by atoms with Crippen molar-refractivity contribution in [1.29, 1.82) is 0 Å². The molecule has 8 heteroatoms. The van der Waals surface area contributed by atoms with Crippen LogP contribution in [0.3, 0.4) is 0 Å². The number of ether oxygens (including phenoxy) is 1. The van der Waals surface area contributed by atoms with Crippen molar-refractivity contribution >= 4 is 29.2 Å². The second-order valence-electron chi connectivity index (χ2n) is 8.64. The fraction of sp³-hybridized carbons (Fsp3) is 0.280. The van der Waals surface area contributed by atoms with Crippen LogP contribution in [0.2, 0.25) is 0 Å². The highest BCUT2D eigenvalue weighted by atomic mass is 16.6. The number of hydrogen-bond donors (Lipinski definition) is 2. The minimum absolute atomic E-state index is 0.188. The Morgan fingerprint density at radius 2 is 1.88 bits per heavy atom. The van der Waals surface area contributed by atoms with Crippen LogP contribution in [0.1, 0.15) is 37.5 Å². The maximum Gasteiger partial charge on any atom is 0.408 e. The first kappa shape index (κ1) is 23.7. The summed E-state index contributed by atoms with van der Waals surface area (Å²) in [6, 6.07) is 13.6. The third kappa shape index (κ3) is 6.77. The minimum atomic E-state index is -0.935. The number of benzene rings is 2. The monoisotopic (exact) mass is 449 g/mol. The van der Waals surface area contributed by atoms with Crippen molar-refractivity contribution in [2.24, 2.45) is 5.10 Å². The zero-order valence-electron chi connectivity index (χ0n) is 19.0. The molecule has 2 amide bonds. The number of amides is 2. The Hall–Kier alpha value is -3.94. The molecule has 0 spiro atoms. The first-order valence-corrected chi connectivity index (χ1v) is 10.5. The van der Waals surface area contributed by atoms with Crippen molar-refractivity contribution in [3.8, 4) is 0 Å². The summed E-state index contributed by atoms with van der Waals surface area (Å²) >= 11 is 0. The molecule has 0 aliphatic carbocycles. The predicted molar refractivity (Wildman–Crippen MR) is 126 cm³/mol. The molecule has 0 radical (unpaired) electrons. The molecule has 0 saturated carbocycles. The van der Waals surface area contributed by atoms with Gasteiger partial charge in [0.2, 0.25) is 5.43 Å². The van der Waals surface area contributed by atoms with Crippen molar-refractivity contribution in [3.05, 3.63) is 81.7 Å². The van der Waals surface area contributed by atoms with Gasteiger partial charge in [0.25, 0.3) is 5.91 Å². The van der Waals surface area contributed by atoms with Crippen LogP contribution in [0.4, 0.5) is 4.79 Å². The van der Waals surface area contributed by atoms with E-state index >= 15 is 0 Å². The quantitative estimate of drug-likeness (QED) is 0.441. The molecule has 33 heavy (non-hydrogen) atoms. The van der Waals surface area contributed by atoms with Crippen molar-refractivity contribution in [3.63, 3.8) is 0 Å². The van der Waals surface area contributed by atoms with Gasteiger partial charge in [-0.15, -0.1) is 0 Å². The number of carbonyl (C=O) groups is 2. The molecule has 0 fully saturated rings. The normalized spacial score (nSPS) is 12.5. The fourth-order valence-corrected chi connectivity index (χ4v) is 3.10. The Labute approximate surface area is 191 Å². The molecule has 0 aliphatic rings. The Morgan fingerprint density at radius 1 is 1.15 bits per heavy atom. The van der Waals surface area contributed by atoms with Crippen LogP contribution in [0.5, 0.6) is 0 Å². The average Bonchev–Trinajstić information content (AvgIpc) is 2.74. The summed E-state index contributed by atoms with van der Waals surface area (Å²) < 4.78 is 10.8. The van der Waals surface area contributed by atoms with E-state index in [1.807, 2.05) is 43.3 Å². The molecule has 2 N–H and O–H groups in total.